The summed E-state index contributed by atoms with van der Waals surface area (Å²) in [5.74, 6) is 0. The smallest absolute Gasteiger partial charge is 0.281 e. The number of nitrogens with zero attached hydrogens (tertiary/aromatic N) is 2. The minimum Gasteiger partial charge on any atom is -0.318 e. The van der Waals surface area contributed by atoms with E-state index in [0.717, 1.165) is 5.56 Å². The molecule has 0 amide bonds. The Morgan fingerprint density at radius 2 is 1.72 bits per heavy atom. The molecule has 0 aliphatic heterocycles. The minimum atomic E-state index is -3.38. The van der Waals surface area contributed by atoms with Gasteiger partial charge in [0.15, 0.2) is 0 Å². The molecule has 0 saturated heterocycles. The van der Waals surface area contributed by atoms with Crippen LogP contribution in [-0.4, -0.2) is 51.3 Å². The van der Waals surface area contributed by atoms with E-state index in [1.54, 1.807) is 21.1 Å². The van der Waals surface area contributed by atoms with Gasteiger partial charge in [-0.15, -0.1) is 0 Å². The van der Waals surface area contributed by atoms with Gasteiger partial charge < -0.3 is 5.32 Å². The second kappa shape index (κ2) is 6.84. The standard InChI is InChI=1S/C12H21N3O2S/c1-13-9-10-14(2)18(16,17)15(3)11-12-7-5-4-6-8-12/h4-8,13H,9-11H2,1-3H3. The molecule has 18 heavy (non-hydrogen) atoms. The molecule has 102 valence electrons. The molecule has 0 radical (unpaired) electrons. The van der Waals surface area contributed by atoms with Crippen molar-refractivity contribution in [1.82, 2.24) is 13.9 Å². The second-order valence-corrected chi connectivity index (χ2v) is 6.32. The molecule has 0 bridgehead atoms. The number of benzene rings is 1. The van der Waals surface area contributed by atoms with Crippen molar-refractivity contribution < 1.29 is 8.42 Å². The first-order valence-corrected chi connectivity index (χ1v) is 7.24. The molecule has 1 aromatic rings. The fourth-order valence-electron chi connectivity index (χ4n) is 1.54. The van der Waals surface area contributed by atoms with E-state index in [-0.39, 0.29) is 0 Å². The van der Waals surface area contributed by atoms with Crippen LogP contribution in [0.4, 0.5) is 0 Å². The third-order valence-corrected chi connectivity index (χ3v) is 4.60. The average Bonchev–Trinajstić information content (AvgIpc) is 2.36. The van der Waals surface area contributed by atoms with Crippen LogP contribution in [0.25, 0.3) is 0 Å². The molecule has 5 nitrogen and oxygen atoms in total. The molecule has 0 spiro atoms. The van der Waals surface area contributed by atoms with Crippen molar-refractivity contribution in [2.45, 2.75) is 6.54 Å². The maximum Gasteiger partial charge on any atom is 0.281 e. The maximum atomic E-state index is 12.2. The zero-order valence-corrected chi connectivity index (χ0v) is 11.9. The largest absolute Gasteiger partial charge is 0.318 e. The van der Waals surface area contributed by atoms with Crippen LogP contribution in [0.5, 0.6) is 0 Å². The Labute approximate surface area is 110 Å². The molecule has 0 aliphatic carbocycles. The summed E-state index contributed by atoms with van der Waals surface area (Å²) in [5, 5.41) is 2.93. The van der Waals surface area contributed by atoms with Crippen molar-refractivity contribution in [3.05, 3.63) is 35.9 Å². The second-order valence-electron chi connectivity index (χ2n) is 4.17. The normalized spacial score (nSPS) is 12.3. The number of likely N-dealkylation sites (N-methyl/N-ethyl adjacent to an activating group) is 2. The van der Waals surface area contributed by atoms with Gasteiger partial charge in [0.25, 0.3) is 10.2 Å². The molecular weight excluding hydrogens is 250 g/mol. The van der Waals surface area contributed by atoms with E-state index in [2.05, 4.69) is 5.32 Å². The Bertz CT molecular complexity index is 448. The molecule has 0 atom stereocenters. The molecule has 0 fully saturated rings. The van der Waals surface area contributed by atoms with Gasteiger partial charge in [0.1, 0.15) is 0 Å². The predicted molar refractivity (Wildman–Crippen MR) is 73.4 cm³/mol. The Kier molecular flexibility index (Phi) is 5.74. The third-order valence-electron chi connectivity index (χ3n) is 2.71. The highest BCUT2D eigenvalue weighted by Gasteiger charge is 2.22. The summed E-state index contributed by atoms with van der Waals surface area (Å²) in [6, 6.07) is 9.55. The lowest BCUT2D eigenvalue weighted by molar-refractivity contribution is 0.388. The summed E-state index contributed by atoms with van der Waals surface area (Å²) in [4.78, 5) is 0. The van der Waals surface area contributed by atoms with E-state index in [4.69, 9.17) is 0 Å². The van der Waals surface area contributed by atoms with E-state index in [1.807, 2.05) is 30.3 Å². The highest BCUT2D eigenvalue weighted by Crippen LogP contribution is 2.09. The van der Waals surface area contributed by atoms with Crippen LogP contribution in [0.1, 0.15) is 5.56 Å². The summed E-state index contributed by atoms with van der Waals surface area (Å²) < 4.78 is 27.0. The summed E-state index contributed by atoms with van der Waals surface area (Å²) in [6.07, 6.45) is 0. The fraction of sp³-hybridized carbons (Fsp3) is 0.500. The van der Waals surface area contributed by atoms with E-state index < -0.39 is 10.2 Å². The highest BCUT2D eigenvalue weighted by molar-refractivity contribution is 7.86. The summed E-state index contributed by atoms with van der Waals surface area (Å²) in [5.41, 5.74) is 0.977. The van der Waals surface area contributed by atoms with Gasteiger partial charge in [-0.2, -0.15) is 17.0 Å². The number of hydrogen-bond donors (Lipinski definition) is 1. The lowest BCUT2D eigenvalue weighted by Crippen LogP contribution is -2.41. The minimum absolute atomic E-state index is 0.382. The lowest BCUT2D eigenvalue weighted by atomic mass is 10.2. The van der Waals surface area contributed by atoms with Crippen molar-refractivity contribution >= 4 is 10.2 Å². The quantitative estimate of drug-likeness (QED) is 0.786. The van der Waals surface area contributed by atoms with Gasteiger partial charge in [-0.1, -0.05) is 30.3 Å². The van der Waals surface area contributed by atoms with Crippen LogP contribution < -0.4 is 5.32 Å². The van der Waals surface area contributed by atoms with Gasteiger partial charge in [-0.25, -0.2) is 0 Å². The molecule has 0 heterocycles. The van der Waals surface area contributed by atoms with E-state index in [9.17, 15) is 8.42 Å². The number of nitrogens with one attached hydrogen (secondary N) is 1. The van der Waals surface area contributed by atoms with Crippen molar-refractivity contribution in [1.29, 1.82) is 0 Å². The maximum absolute atomic E-state index is 12.2. The first-order chi connectivity index (χ1) is 8.48. The molecule has 0 unspecified atom stereocenters. The summed E-state index contributed by atoms with van der Waals surface area (Å²) in [6.45, 7) is 1.47. The van der Waals surface area contributed by atoms with Gasteiger partial charge in [-0.3, -0.25) is 0 Å². The molecule has 0 aliphatic rings. The van der Waals surface area contributed by atoms with Gasteiger partial charge in [-0.05, 0) is 12.6 Å². The van der Waals surface area contributed by atoms with Crippen LogP contribution in [-0.2, 0) is 16.8 Å². The summed E-state index contributed by atoms with van der Waals surface area (Å²) in [7, 11) is 1.60. The van der Waals surface area contributed by atoms with Crippen LogP contribution in [0, 0.1) is 0 Å². The number of rotatable bonds is 7. The molecule has 0 aromatic heterocycles. The Hall–Kier alpha value is -0.950. The van der Waals surface area contributed by atoms with Crippen LogP contribution in [0.15, 0.2) is 30.3 Å². The molecule has 1 rings (SSSR count). The van der Waals surface area contributed by atoms with Crippen molar-refractivity contribution in [3.8, 4) is 0 Å². The SMILES string of the molecule is CNCCN(C)S(=O)(=O)N(C)Cc1ccccc1. The fourth-order valence-corrected chi connectivity index (χ4v) is 2.65. The van der Waals surface area contributed by atoms with Gasteiger partial charge in [0.2, 0.25) is 0 Å². The third kappa shape index (κ3) is 4.06. The predicted octanol–water partition coefficient (Wildman–Crippen LogP) is 0.514. The van der Waals surface area contributed by atoms with Crippen molar-refractivity contribution in [2.75, 3.05) is 34.2 Å². The molecular formula is C12H21N3O2S. The van der Waals surface area contributed by atoms with Gasteiger partial charge in [0, 0.05) is 33.7 Å². The average molecular weight is 271 g/mol. The van der Waals surface area contributed by atoms with E-state index >= 15 is 0 Å². The highest BCUT2D eigenvalue weighted by atomic mass is 32.2. The van der Waals surface area contributed by atoms with Crippen LogP contribution in [0.2, 0.25) is 0 Å². The van der Waals surface area contributed by atoms with E-state index in [0.29, 0.717) is 19.6 Å². The van der Waals surface area contributed by atoms with Gasteiger partial charge in [0.05, 0.1) is 0 Å². The first-order valence-electron chi connectivity index (χ1n) is 5.84. The Morgan fingerprint density at radius 3 is 2.28 bits per heavy atom. The molecule has 0 saturated carbocycles. The van der Waals surface area contributed by atoms with Crippen LogP contribution >= 0.6 is 0 Å². The van der Waals surface area contributed by atoms with Crippen molar-refractivity contribution in [3.63, 3.8) is 0 Å². The molecule has 6 heteroatoms. The van der Waals surface area contributed by atoms with E-state index in [1.165, 1.54) is 8.61 Å². The Morgan fingerprint density at radius 1 is 1.11 bits per heavy atom. The molecule has 1 aromatic carbocycles. The first kappa shape index (κ1) is 15.1. The monoisotopic (exact) mass is 271 g/mol. The molecule has 1 N–H and O–H groups in total. The summed E-state index contributed by atoms with van der Waals surface area (Å²) >= 11 is 0. The number of hydrogen-bond acceptors (Lipinski definition) is 3. The van der Waals surface area contributed by atoms with Crippen LogP contribution in [0.3, 0.4) is 0 Å². The lowest BCUT2D eigenvalue weighted by Gasteiger charge is -2.24. The van der Waals surface area contributed by atoms with Gasteiger partial charge >= 0.3 is 0 Å². The zero-order chi connectivity index (χ0) is 13.6. The Balaban J connectivity index is 2.67. The topological polar surface area (TPSA) is 52.7 Å². The zero-order valence-electron chi connectivity index (χ0n) is 11.1. The van der Waals surface area contributed by atoms with Crippen molar-refractivity contribution in [2.24, 2.45) is 0 Å².